The van der Waals surface area contributed by atoms with Gasteiger partial charge in [0.05, 0.1) is 17.8 Å². The highest BCUT2D eigenvalue weighted by Crippen LogP contribution is 2.24. The fourth-order valence-corrected chi connectivity index (χ4v) is 3.09. The van der Waals surface area contributed by atoms with Gasteiger partial charge in [0.2, 0.25) is 0 Å². The molecule has 0 aliphatic carbocycles. The molecule has 0 atom stereocenters. The number of carbonyl (C=O) groups is 2. The number of hydrogen-bond acceptors (Lipinski definition) is 6. The maximum absolute atomic E-state index is 12.4. The first-order valence-electron chi connectivity index (χ1n) is 9.70. The van der Waals surface area contributed by atoms with Crippen molar-refractivity contribution in [3.05, 3.63) is 89.7 Å². The molecule has 2 heterocycles. The molecule has 0 aliphatic heterocycles. The maximum Gasteiger partial charge on any atom is 0.338 e. The van der Waals surface area contributed by atoms with Gasteiger partial charge in [0.15, 0.2) is 6.61 Å². The molecule has 0 radical (unpaired) electrons. The summed E-state index contributed by atoms with van der Waals surface area (Å²) in [5.41, 5.74) is 1.98. The second-order valence-corrected chi connectivity index (χ2v) is 7.42. The molecule has 8 nitrogen and oxygen atoms in total. The van der Waals surface area contributed by atoms with Gasteiger partial charge >= 0.3 is 5.97 Å². The molecule has 4 rings (SSSR count). The SMILES string of the molecule is CN(Cc1ccc(-c2ccc(Cl)cc2)o1)C(=O)COC(=O)c1ccc(-n2cncn2)cc1. The Morgan fingerprint density at radius 1 is 1.06 bits per heavy atom. The van der Waals surface area contributed by atoms with Crippen molar-refractivity contribution < 1.29 is 18.7 Å². The lowest BCUT2D eigenvalue weighted by molar-refractivity contribution is -0.133. The lowest BCUT2D eigenvalue weighted by Crippen LogP contribution is -2.30. The molecular weight excluding hydrogens is 432 g/mol. The number of halogens is 1. The van der Waals surface area contributed by atoms with Gasteiger partial charge < -0.3 is 14.1 Å². The number of esters is 1. The molecule has 32 heavy (non-hydrogen) atoms. The van der Waals surface area contributed by atoms with Crippen LogP contribution in [0.3, 0.4) is 0 Å². The van der Waals surface area contributed by atoms with Crippen molar-refractivity contribution in [3.63, 3.8) is 0 Å². The Bertz CT molecular complexity index is 1200. The highest BCUT2D eigenvalue weighted by atomic mass is 35.5. The smallest absolute Gasteiger partial charge is 0.338 e. The van der Waals surface area contributed by atoms with E-state index in [0.717, 1.165) is 11.3 Å². The number of nitrogens with zero attached hydrogens (tertiary/aromatic N) is 4. The van der Waals surface area contributed by atoms with Crippen LogP contribution in [0.2, 0.25) is 5.02 Å². The monoisotopic (exact) mass is 450 g/mol. The molecule has 0 unspecified atom stereocenters. The highest BCUT2D eigenvalue weighted by Gasteiger charge is 2.16. The Balaban J connectivity index is 1.29. The van der Waals surface area contributed by atoms with Crippen molar-refractivity contribution in [2.24, 2.45) is 0 Å². The molecule has 0 spiro atoms. The molecule has 162 valence electrons. The molecule has 4 aromatic rings. The second kappa shape index (κ2) is 9.49. The quantitative estimate of drug-likeness (QED) is 0.395. The third-order valence-electron chi connectivity index (χ3n) is 4.72. The number of ether oxygens (including phenoxy) is 1. The summed E-state index contributed by atoms with van der Waals surface area (Å²) >= 11 is 5.91. The molecule has 0 aliphatic rings. The van der Waals surface area contributed by atoms with E-state index in [4.69, 9.17) is 20.8 Å². The number of aromatic nitrogens is 3. The van der Waals surface area contributed by atoms with Gasteiger partial charge in [-0.05, 0) is 60.7 Å². The predicted octanol–water partition coefficient (Wildman–Crippen LogP) is 4.00. The van der Waals surface area contributed by atoms with Gasteiger partial charge in [-0.3, -0.25) is 4.79 Å². The summed E-state index contributed by atoms with van der Waals surface area (Å²) < 4.78 is 12.5. The van der Waals surface area contributed by atoms with Gasteiger partial charge in [0.25, 0.3) is 5.91 Å². The second-order valence-electron chi connectivity index (χ2n) is 6.99. The fourth-order valence-electron chi connectivity index (χ4n) is 2.97. The van der Waals surface area contributed by atoms with E-state index in [0.29, 0.717) is 22.1 Å². The van der Waals surface area contributed by atoms with Crippen LogP contribution in [0.15, 0.2) is 77.7 Å². The number of benzene rings is 2. The highest BCUT2D eigenvalue weighted by molar-refractivity contribution is 6.30. The number of likely N-dealkylation sites (N-methyl/N-ethyl adjacent to an activating group) is 1. The van der Waals surface area contributed by atoms with E-state index in [1.54, 1.807) is 60.5 Å². The van der Waals surface area contributed by atoms with E-state index in [9.17, 15) is 9.59 Å². The van der Waals surface area contributed by atoms with Crippen LogP contribution in [0.5, 0.6) is 0 Å². The standard InChI is InChI=1S/C23H19ClN4O4/c1-27(12-20-10-11-21(32-20)16-2-6-18(24)7-3-16)22(29)13-31-23(30)17-4-8-19(9-5-17)28-15-25-14-26-28/h2-11,14-15H,12-13H2,1H3. The summed E-state index contributed by atoms with van der Waals surface area (Å²) in [7, 11) is 1.62. The Morgan fingerprint density at radius 2 is 1.81 bits per heavy atom. The molecule has 9 heteroatoms. The lowest BCUT2D eigenvalue weighted by atomic mass is 10.2. The van der Waals surface area contributed by atoms with Crippen LogP contribution >= 0.6 is 11.6 Å². The predicted molar refractivity (Wildman–Crippen MR) is 117 cm³/mol. The molecule has 2 aromatic carbocycles. The Morgan fingerprint density at radius 3 is 2.50 bits per heavy atom. The van der Waals surface area contributed by atoms with E-state index in [2.05, 4.69) is 10.1 Å². The minimum absolute atomic E-state index is 0.247. The minimum Gasteiger partial charge on any atom is -0.459 e. The van der Waals surface area contributed by atoms with Crippen LogP contribution in [-0.2, 0) is 16.1 Å². The first kappa shape index (κ1) is 21.3. The summed E-state index contributed by atoms with van der Waals surface area (Å²) in [6, 6.07) is 17.6. The van der Waals surface area contributed by atoms with Crippen molar-refractivity contribution in [3.8, 4) is 17.0 Å². The molecule has 0 saturated carbocycles. The largest absolute Gasteiger partial charge is 0.459 e. The third kappa shape index (κ3) is 5.04. The molecule has 0 bridgehead atoms. The Kier molecular flexibility index (Phi) is 6.32. The molecule has 0 saturated heterocycles. The van der Waals surface area contributed by atoms with Crippen molar-refractivity contribution in [1.82, 2.24) is 19.7 Å². The Labute approximate surface area is 189 Å². The molecular formula is C23H19ClN4O4. The van der Waals surface area contributed by atoms with Gasteiger partial charge in [-0.15, -0.1) is 0 Å². The average Bonchev–Trinajstić information content (AvgIpc) is 3.50. The lowest BCUT2D eigenvalue weighted by Gasteiger charge is -2.15. The number of carbonyl (C=O) groups excluding carboxylic acids is 2. The molecule has 0 N–H and O–H groups in total. The van der Waals surface area contributed by atoms with Gasteiger partial charge in [0, 0.05) is 17.6 Å². The van der Waals surface area contributed by atoms with Crippen LogP contribution in [-0.4, -0.2) is 45.2 Å². The van der Waals surface area contributed by atoms with Gasteiger partial charge in [-0.2, -0.15) is 5.10 Å². The first-order chi connectivity index (χ1) is 15.5. The van der Waals surface area contributed by atoms with Crippen LogP contribution in [0.25, 0.3) is 17.0 Å². The number of furan rings is 1. The summed E-state index contributed by atoms with van der Waals surface area (Å²) in [5.74, 6) is 0.362. The normalized spacial score (nSPS) is 10.7. The number of hydrogen-bond donors (Lipinski definition) is 0. The molecule has 2 aromatic heterocycles. The van der Waals surface area contributed by atoms with Crippen molar-refractivity contribution in [2.45, 2.75) is 6.54 Å². The number of amides is 1. The number of rotatable bonds is 7. The Hall–Kier alpha value is -3.91. The zero-order valence-electron chi connectivity index (χ0n) is 17.1. The van der Waals surface area contributed by atoms with Gasteiger partial charge in [-0.25, -0.2) is 14.5 Å². The van der Waals surface area contributed by atoms with Crippen molar-refractivity contribution >= 4 is 23.5 Å². The summed E-state index contributed by atoms with van der Waals surface area (Å²) in [6.45, 7) is -0.124. The van der Waals surface area contributed by atoms with E-state index >= 15 is 0 Å². The average molecular weight is 451 g/mol. The maximum atomic E-state index is 12.4. The topological polar surface area (TPSA) is 90.5 Å². The van der Waals surface area contributed by atoms with Crippen molar-refractivity contribution in [2.75, 3.05) is 13.7 Å². The van der Waals surface area contributed by atoms with E-state index in [1.165, 1.54) is 11.2 Å². The molecule has 0 fully saturated rings. The fraction of sp³-hybridized carbons (Fsp3) is 0.130. The van der Waals surface area contributed by atoms with Crippen LogP contribution < -0.4 is 0 Å². The van der Waals surface area contributed by atoms with Crippen LogP contribution in [0.1, 0.15) is 16.1 Å². The first-order valence-corrected chi connectivity index (χ1v) is 10.1. The van der Waals surface area contributed by atoms with E-state index in [-0.39, 0.29) is 19.1 Å². The van der Waals surface area contributed by atoms with E-state index < -0.39 is 5.97 Å². The summed E-state index contributed by atoms with van der Waals surface area (Å²) in [5, 5.41) is 4.67. The summed E-state index contributed by atoms with van der Waals surface area (Å²) in [4.78, 5) is 30.0. The van der Waals surface area contributed by atoms with Gasteiger partial charge in [-0.1, -0.05) is 11.6 Å². The van der Waals surface area contributed by atoms with Gasteiger partial charge in [0.1, 0.15) is 24.2 Å². The summed E-state index contributed by atoms with van der Waals surface area (Å²) in [6.07, 6.45) is 2.98. The zero-order valence-corrected chi connectivity index (χ0v) is 17.9. The van der Waals surface area contributed by atoms with E-state index in [1.807, 2.05) is 18.2 Å². The van der Waals surface area contributed by atoms with Crippen LogP contribution in [0.4, 0.5) is 0 Å². The minimum atomic E-state index is -0.583. The zero-order chi connectivity index (χ0) is 22.5. The van der Waals surface area contributed by atoms with Crippen LogP contribution in [0, 0.1) is 0 Å². The molecule has 1 amide bonds. The van der Waals surface area contributed by atoms with Crippen molar-refractivity contribution in [1.29, 1.82) is 0 Å². The third-order valence-corrected chi connectivity index (χ3v) is 4.97.